The molecule has 0 N–H and O–H groups in total. The van der Waals surface area contributed by atoms with Crippen molar-refractivity contribution in [2.45, 2.75) is 43.8 Å². The van der Waals surface area contributed by atoms with Crippen molar-refractivity contribution < 1.29 is 23.5 Å². The summed E-state index contributed by atoms with van der Waals surface area (Å²) in [7, 11) is 1.66. The van der Waals surface area contributed by atoms with Gasteiger partial charge in [-0.15, -0.1) is 0 Å². The van der Waals surface area contributed by atoms with Crippen LogP contribution >= 0.6 is 11.8 Å². The average molecular weight is 594 g/mol. The quantitative estimate of drug-likeness (QED) is 0.182. The molecule has 1 aromatic carbocycles. The molecule has 0 bridgehead atoms. The van der Waals surface area contributed by atoms with Crippen LogP contribution in [0.3, 0.4) is 0 Å². The van der Waals surface area contributed by atoms with Crippen molar-refractivity contribution in [3.8, 4) is 0 Å². The Kier molecular flexibility index (Phi) is 10.5. The van der Waals surface area contributed by atoms with Gasteiger partial charge in [0.25, 0.3) is 5.91 Å². The first kappa shape index (κ1) is 30.1. The second-order valence-electron chi connectivity index (χ2n) is 10.6. The van der Waals surface area contributed by atoms with E-state index < -0.39 is 0 Å². The highest BCUT2D eigenvalue weighted by Crippen LogP contribution is 2.26. The third kappa shape index (κ3) is 7.90. The number of hydrogen-bond donors (Lipinski definition) is 0. The molecule has 1 amide bonds. The van der Waals surface area contributed by atoms with Crippen LogP contribution in [-0.2, 0) is 33.2 Å². The molecule has 5 rings (SSSR count). The lowest BCUT2D eigenvalue weighted by Gasteiger charge is -2.35. The Bertz CT molecular complexity index is 1330. The van der Waals surface area contributed by atoms with Crippen molar-refractivity contribution in [1.82, 2.24) is 19.8 Å². The number of carbonyl (C=O) groups excluding carboxylic acids is 2. The summed E-state index contributed by atoms with van der Waals surface area (Å²) in [6, 6.07) is 16.1. The van der Waals surface area contributed by atoms with E-state index in [0.29, 0.717) is 43.0 Å². The number of piperazine rings is 1. The number of nitrogens with zero attached hydrogens (tertiary/aromatic N) is 5. The fourth-order valence-electron chi connectivity index (χ4n) is 5.36. The van der Waals surface area contributed by atoms with Crippen molar-refractivity contribution >= 4 is 29.5 Å². The maximum Gasteiger partial charge on any atom is 0.310 e. The van der Waals surface area contributed by atoms with Gasteiger partial charge in [-0.05, 0) is 37.5 Å². The number of carbonyl (C=O) groups is 2. The Balaban J connectivity index is 1.18. The van der Waals surface area contributed by atoms with E-state index in [9.17, 15) is 9.59 Å². The predicted octanol–water partition coefficient (Wildman–Crippen LogP) is 4.25. The molecule has 0 spiro atoms. The molecular formula is C31H39N5O5S. The number of ether oxygens (including phenoxy) is 2. The summed E-state index contributed by atoms with van der Waals surface area (Å²) < 4.78 is 16.5. The smallest absolute Gasteiger partial charge is 0.310 e. The first-order valence-corrected chi connectivity index (χ1v) is 15.6. The van der Waals surface area contributed by atoms with Crippen LogP contribution in [0.15, 0.2) is 58.1 Å². The second kappa shape index (κ2) is 14.7. The van der Waals surface area contributed by atoms with Gasteiger partial charge in [0.2, 0.25) is 0 Å². The Hall–Kier alpha value is -3.41. The van der Waals surface area contributed by atoms with E-state index in [1.165, 1.54) is 17.3 Å². The monoisotopic (exact) mass is 593 g/mol. The van der Waals surface area contributed by atoms with Crippen molar-refractivity contribution in [3.63, 3.8) is 0 Å². The molecule has 0 aliphatic carbocycles. The van der Waals surface area contributed by atoms with E-state index in [4.69, 9.17) is 18.9 Å². The second-order valence-corrected chi connectivity index (χ2v) is 11.5. The number of hydrogen-bond acceptors (Lipinski definition) is 10. The molecule has 1 unspecified atom stereocenters. The molecule has 224 valence electrons. The fourth-order valence-corrected chi connectivity index (χ4v) is 6.13. The Morgan fingerprint density at radius 3 is 2.62 bits per heavy atom. The summed E-state index contributed by atoms with van der Waals surface area (Å²) in [5.41, 5.74) is 2.15. The summed E-state index contributed by atoms with van der Waals surface area (Å²) in [6.07, 6.45) is 1.49. The van der Waals surface area contributed by atoms with Gasteiger partial charge in [-0.3, -0.25) is 14.5 Å². The minimum atomic E-state index is -0.287. The summed E-state index contributed by atoms with van der Waals surface area (Å²) in [4.78, 5) is 41.3. The van der Waals surface area contributed by atoms with E-state index in [1.807, 2.05) is 18.2 Å². The number of esters is 1. The average Bonchev–Trinajstić information content (AvgIpc) is 3.50. The molecule has 4 heterocycles. The highest BCUT2D eigenvalue weighted by atomic mass is 32.2. The third-order valence-corrected chi connectivity index (χ3v) is 8.40. The molecule has 2 aliphatic rings. The highest BCUT2D eigenvalue weighted by molar-refractivity contribution is 7.98. The van der Waals surface area contributed by atoms with Crippen LogP contribution in [0.2, 0.25) is 0 Å². The van der Waals surface area contributed by atoms with E-state index >= 15 is 0 Å². The molecule has 0 radical (unpaired) electrons. The number of amides is 1. The maximum absolute atomic E-state index is 13.1. The zero-order valence-electron chi connectivity index (χ0n) is 24.4. The zero-order valence-corrected chi connectivity index (χ0v) is 25.2. The SMILES string of the molecule is CCOC(=O)C1CCCN(C(=O)c2ccc(CSc3nc(COC)cc(N4CCN(Cc5ccccc5)CC4)n3)o2)C1. The minimum Gasteiger partial charge on any atom is -0.466 e. The molecule has 2 saturated heterocycles. The first-order chi connectivity index (χ1) is 20.5. The molecule has 42 heavy (non-hydrogen) atoms. The van der Waals surface area contributed by atoms with Gasteiger partial charge >= 0.3 is 5.97 Å². The number of rotatable bonds is 11. The number of furan rings is 1. The van der Waals surface area contributed by atoms with Crippen molar-refractivity contribution in [3.05, 3.63) is 71.3 Å². The molecule has 1 atom stereocenters. The van der Waals surface area contributed by atoms with Crippen LogP contribution in [-0.4, -0.2) is 84.6 Å². The van der Waals surface area contributed by atoms with Crippen LogP contribution in [0.5, 0.6) is 0 Å². The summed E-state index contributed by atoms with van der Waals surface area (Å²) in [6.45, 7) is 8.13. The summed E-state index contributed by atoms with van der Waals surface area (Å²) >= 11 is 1.47. The maximum atomic E-state index is 13.1. The standard InChI is InChI=1S/C31H39N5O5S/c1-3-40-30(38)24-10-7-13-36(20-24)29(37)27-12-11-26(41-27)22-42-31-32-25(21-39-2)18-28(33-31)35-16-14-34(15-17-35)19-23-8-5-4-6-9-23/h4-6,8-9,11-12,18,24H,3,7,10,13-17,19-22H2,1-2H3. The first-order valence-electron chi connectivity index (χ1n) is 14.6. The lowest BCUT2D eigenvalue weighted by atomic mass is 9.98. The number of thioether (sulfide) groups is 1. The lowest BCUT2D eigenvalue weighted by Crippen LogP contribution is -2.46. The van der Waals surface area contributed by atoms with Crippen LogP contribution in [0.4, 0.5) is 5.82 Å². The fraction of sp³-hybridized carbons (Fsp3) is 0.484. The Labute approximate surface area is 251 Å². The Morgan fingerprint density at radius 1 is 1.05 bits per heavy atom. The van der Waals surface area contributed by atoms with Gasteiger partial charge in [-0.2, -0.15) is 0 Å². The number of likely N-dealkylation sites (tertiary alicyclic amines) is 1. The van der Waals surface area contributed by atoms with Crippen LogP contribution in [0.1, 0.15) is 47.3 Å². The van der Waals surface area contributed by atoms with Gasteiger partial charge in [-0.1, -0.05) is 42.1 Å². The van der Waals surface area contributed by atoms with Crippen LogP contribution < -0.4 is 4.90 Å². The van der Waals surface area contributed by atoms with Gasteiger partial charge in [0, 0.05) is 59.0 Å². The topological polar surface area (TPSA) is 101 Å². The van der Waals surface area contributed by atoms with Crippen LogP contribution in [0, 0.1) is 5.92 Å². The number of benzene rings is 1. The van der Waals surface area contributed by atoms with Crippen molar-refractivity contribution in [2.75, 3.05) is 57.9 Å². The molecule has 2 aliphatic heterocycles. The highest BCUT2D eigenvalue weighted by Gasteiger charge is 2.31. The van der Waals surface area contributed by atoms with Gasteiger partial charge < -0.3 is 23.7 Å². The molecular weight excluding hydrogens is 554 g/mol. The Morgan fingerprint density at radius 2 is 1.86 bits per heavy atom. The van der Waals surface area contributed by atoms with Crippen molar-refractivity contribution in [1.29, 1.82) is 0 Å². The van der Waals surface area contributed by atoms with E-state index in [0.717, 1.165) is 57.1 Å². The van der Waals surface area contributed by atoms with Gasteiger partial charge in [0.15, 0.2) is 10.9 Å². The molecule has 2 fully saturated rings. The molecule has 2 aromatic heterocycles. The molecule has 0 saturated carbocycles. The van der Waals surface area contributed by atoms with E-state index in [-0.39, 0.29) is 23.6 Å². The van der Waals surface area contributed by atoms with E-state index in [2.05, 4.69) is 39.0 Å². The molecule has 11 heteroatoms. The van der Waals surface area contributed by atoms with E-state index in [1.54, 1.807) is 25.0 Å². The largest absolute Gasteiger partial charge is 0.466 e. The molecule has 3 aromatic rings. The summed E-state index contributed by atoms with van der Waals surface area (Å²) in [5, 5.41) is 0.642. The molecule has 10 nitrogen and oxygen atoms in total. The van der Waals surface area contributed by atoms with Gasteiger partial charge in [0.05, 0.1) is 30.6 Å². The third-order valence-electron chi connectivity index (χ3n) is 7.53. The number of anilines is 1. The van der Waals surface area contributed by atoms with Gasteiger partial charge in [-0.25, -0.2) is 9.97 Å². The summed E-state index contributed by atoms with van der Waals surface area (Å²) in [5.74, 6) is 1.60. The normalized spacial score (nSPS) is 17.8. The van der Waals surface area contributed by atoms with Crippen LogP contribution in [0.25, 0.3) is 0 Å². The number of methoxy groups -OCH3 is 1. The minimum absolute atomic E-state index is 0.202. The van der Waals surface area contributed by atoms with Crippen molar-refractivity contribution in [2.24, 2.45) is 5.92 Å². The predicted molar refractivity (Wildman–Crippen MR) is 160 cm³/mol. The number of piperidine rings is 1. The lowest BCUT2D eigenvalue weighted by molar-refractivity contribution is -0.149. The number of aromatic nitrogens is 2. The zero-order chi connectivity index (χ0) is 29.3. The van der Waals surface area contributed by atoms with Gasteiger partial charge in [0.1, 0.15) is 11.6 Å².